The van der Waals surface area contributed by atoms with Gasteiger partial charge in [-0.25, -0.2) is 8.42 Å². The Bertz CT molecular complexity index is 1060. The third kappa shape index (κ3) is 2.31. The van der Waals surface area contributed by atoms with Crippen molar-refractivity contribution in [2.24, 2.45) is 0 Å². The van der Waals surface area contributed by atoms with Gasteiger partial charge in [-0.2, -0.15) is 0 Å². The van der Waals surface area contributed by atoms with E-state index in [0.29, 0.717) is 27.7 Å². The molecule has 6 nitrogen and oxygen atoms in total. The number of benzene rings is 3. The quantitative estimate of drug-likeness (QED) is 0.638. The number of hydrazine groups is 1. The molecular weight excluding hydrogens is 326 g/mol. The number of para-hydroxylation sites is 1. The molecular formula is C17H13N3O3S. The third-order valence-electron chi connectivity index (χ3n) is 3.89. The average Bonchev–Trinajstić information content (AvgIpc) is 2.92. The molecule has 1 aliphatic heterocycles. The molecule has 0 radical (unpaired) electrons. The van der Waals surface area contributed by atoms with Crippen LogP contribution in [-0.2, 0) is 10.0 Å². The SMILES string of the molecule is O=C1Nc2ccc(S(=O)(=O)NNc3ccccc3)c3cccc1c23. The summed E-state index contributed by atoms with van der Waals surface area (Å²) in [6.45, 7) is 0. The molecule has 0 saturated heterocycles. The minimum Gasteiger partial charge on any atom is -0.321 e. The fourth-order valence-corrected chi connectivity index (χ4v) is 3.87. The Labute approximate surface area is 138 Å². The number of carbonyl (C=O) groups is 1. The first-order valence-electron chi connectivity index (χ1n) is 7.26. The number of amides is 1. The maximum absolute atomic E-state index is 12.7. The molecule has 3 aromatic rings. The Morgan fingerprint density at radius 2 is 1.67 bits per heavy atom. The Morgan fingerprint density at radius 1 is 0.875 bits per heavy atom. The van der Waals surface area contributed by atoms with Gasteiger partial charge in [0.1, 0.15) is 0 Å². The first-order chi connectivity index (χ1) is 11.6. The van der Waals surface area contributed by atoms with Crippen LogP contribution >= 0.6 is 0 Å². The first-order valence-corrected chi connectivity index (χ1v) is 8.74. The lowest BCUT2D eigenvalue weighted by atomic mass is 10.1. The molecule has 120 valence electrons. The molecule has 0 aromatic heterocycles. The average molecular weight is 339 g/mol. The zero-order chi connectivity index (χ0) is 16.7. The monoisotopic (exact) mass is 339 g/mol. The van der Waals surface area contributed by atoms with Gasteiger partial charge in [0.2, 0.25) is 0 Å². The van der Waals surface area contributed by atoms with Gasteiger partial charge in [0, 0.05) is 27.7 Å². The lowest BCUT2D eigenvalue weighted by Gasteiger charge is -2.12. The van der Waals surface area contributed by atoms with Crippen molar-refractivity contribution in [2.45, 2.75) is 4.90 Å². The molecule has 0 unspecified atom stereocenters. The highest BCUT2D eigenvalue weighted by molar-refractivity contribution is 7.89. The molecule has 1 aliphatic rings. The van der Waals surface area contributed by atoms with Crippen molar-refractivity contribution < 1.29 is 13.2 Å². The predicted octanol–water partition coefficient (Wildman–Crippen LogP) is 2.71. The molecule has 0 saturated carbocycles. The molecule has 0 atom stereocenters. The maximum atomic E-state index is 12.7. The molecule has 3 aromatic carbocycles. The Balaban J connectivity index is 1.77. The van der Waals surface area contributed by atoms with Crippen LogP contribution in [0.15, 0.2) is 65.6 Å². The summed E-state index contributed by atoms with van der Waals surface area (Å²) in [5.41, 5.74) is 4.42. The lowest BCUT2D eigenvalue weighted by Crippen LogP contribution is -2.29. The van der Waals surface area contributed by atoms with E-state index in [1.807, 2.05) is 6.07 Å². The van der Waals surface area contributed by atoms with Crippen LogP contribution in [0.4, 0.5) is 11.4 Å². The zero-order valence-corrected chi connectivity index (χ0v) is 13.2. The number of anilines is 2. The summed E-state index contributed by atoms with van der Waals surface area (Å²) in [5.74, 6) is -0.222. The summed E-state index contributed by atoms with van der Waals surface area (Å²) in [4.78, 5) is 14.4. The third-order valence-corrected chi connectivity index (χ3v) is 5.19. The van der Waals surface area contributed by atoms with Crippen molar-refractivity contribution in [2.75, 3.05) is 10.7 Å². The van der Waals surface area contributed by atoms with Crippen molar-refractivity contribution in [3.05, 3.63) is 66.2 Å². The normalized spacial score (nSPS) is 13.1. The molecule has 0 aliphatic carbocycles. The number of hydrogen-bond donors (Lipinski definition) is 3. The minimum atomic E-state index is -3.81. The molecule has 3 N–H and O–H groups in total. The topological polar surface area (TPSA) is 87.3 Å². The summed E-state index contributed by atoms with van der Waals surface area (Å²) < 4.78 is 25.3. The number of sulfonamides is 1. The smallest absolute Gasteiger partial charge is 0.257 e. The van der Waals surface area contributed by atoms with Crippen molar-refractivity contribution in [3.8, 4) is 0 Å². The zero-order valence-electron chi connectivity index (χ0n) is 12.4. The molecule has 4 rings (SSSR count). The van der Waals surface area contributed by atoms with Crippen molar-refractivity contribution in [1.82, 2.24) is 4.83 Å². The largest absolute Gasteiger partial charge is 0.321 e. The van der Waals surface area contributed by atoms with E-state index in [1.165, 1.54) is 6.07 Å². The van der Waals surface area contributed by atoms with E-state index < -0.39 is 10.0 Å². The Morgan fingerprint density at radius 3 is 2.46 bits per heavy atom. The molecule has 7 heteroatoms. The van der Waals surface area contributed by atoms with Crippen LogP contribution in [-0.4, -0.2) is 14.3 Å². The fourth-order valence-electron chi connectivity index (χ4n) is 2.80. The summed E-state index contributed by atoms with van der Waals surface area (Å²) in [7, 11) is -3.81. The van der Waals surface area contributed by atoms with Gasteiger partial charge >= 0.3 is 0 Å². The fraction of sp³-hybridized carbons (Fsp3) is 0. The van der Waals surface area contributed by atoms with Gasteiger partial charge in [-0.3, -0.25) is 4.79 Å². The van der Waals surface area contributed by atoms with Crippen LogP contribution in [0.5, 0.6) is 0 Å². The van der Waals surface area contributed by atoms with Gasteiger partial charge in [-0.15, -0.1) is 4.83 Å². The van der Waals surface area contributed by atoms with E-state index in [1.54, 1.807) is 48.5 Å². The molecule has 0 bridgehead atoms. The maximum Gasteiger partial charge on any atom is 0.257 e. The first kappa shape index (κ1) is 14.7. The van der Waals surface area contributed by atoms with E-state index in [4.69, 9.17) is 0 Å². The van der Waals surface area contributed by atoms with E-state index in [9.17, 15) is 13.2 Å². The number of hydrogen-bond acceptors (Lipinski definition) is 4. The van der Waals surface area contributed by atoms with Crippen molar-refractivity contribution >= 4 is 38.1 Å². The molecule has 1 amide bonds. The van der Waals surface area contributed by atoms with E-state index in [-0.39, 0.29) is 10.8 Å². The summed E-state index contributed by atoms with van der Waals surface area (Å²) in [5, 5.41) is 3.87. The predicted molar refractivity (Wildman–Crippen MR) is 92.3 cm³/mol. The minimum absolute atomic E-state index is 0.114. The van der Waals surface area contributed by atoms with Crippen LogP contribution in [0.1, 0.15) is 10.4 Å². The molecule has 0 fully saturated rings. The van der Waals surface area contributed by atoms with Crippen molar-refractivity contribution in [1.29, 1.82) is 0 Å². The van der Waals surface area contributed by atoms with E-state index in [0.717, 1.165) is 0 Å². The lowest BCUT2D eigenvalue weighted by molar-refractivity contribution is 0.103. The van der Waals surface area contributed by atoms with Gasteiger partial charge in [-0.05, 0) is 30.3 Å². The van der Waals surface area contributed by atoms with Gasteiger partial charge in [0.15, 0.2) is 0 Å². The van der Waals surface area contributed by atoms with Gasteiger partial charge in [0.05, 0.1) is 4.90 Å². The van der Waals surface area contributed by atoms with Gasteiger partial charge in [-0.1, -0.05) is 30.3 Å². The highest BCUT2D eigenvalue weighted by Crippen LogP contribution is 2.36. The highest BCUT2D eigenvalue weighted by atomic mass is 32.2. The van der Waals surface area contributed by atoms with Gasteiger partial charge in [0.25, 0.3) is 15.9 Å². The standard InChI is InChI=1S/C17H13N3O3S/c21-17-13-8-4-7-12-15(10-9-14(18-17)16(12)13)24(22,23)20-19-11-5-2-1-3-6-11/h1-10,19-20H,(H,18,21). The van der Waals surface area contributed by atoms with E-state index in [2.05, 4.69) is 15.6 Å². The second-order valence-corrected chi connectivity index (χ2v) is 7.04. The summed E-state index contributed by atoms with van der Waals surface area (Å²) in [6, 6.07) is 17.1. The Kier molecular flexibility index (Phi) is 3.26. The highest BCUT2D eigenvalue weighted by Gasteiger charge is 2.26. The Hall–Kier alpha value is -2.90. The number of rotatable bonds is 4. The van der Waals surface area contributed by atoms with Crippen LogP contribution in [0.25, 0.3) is 10.8 Å². The summed E-state index contributed by atoms with van der Waals surface area (Å²) >= 11 is 0. The molecule has 24 heavy (non-hydrogen) atoms. The second kappa shape index (κ2) is 5.33. The number of nitrogens with one attached hydrogen (secondary N) is 3. The van der Waals surface area contributed by atoms with E-state index >= 15 is 0 Å². The second-order valence-electron chi connectivity index (χ2n) is 5.39. The molecule has 1 heterocycles. The van der Waals surface area contributed by atoms with Gasteiger partial charge < -0.3 is 10.7 Å². The van der Waals surface area contributed by atoms with Crippen LogP contribution in [0, 0.1) is 0 Å². The van der Waals surface area contributed by atoms with Crippen LogP contribution < -0.4 is 15.6 Å². The van der Waals surface area contributed by atoms with Crippen molar-refractivity contribution in [3.63, 3.8) is 0 Å². The summed E-state index contributed by atoms with van der Waals surface area (Å²) in [6.07, 6.45) is 0. The van der Waals surface area contributed by atoms with Crippen LogP contribution in [0.2, 0.25) is 0 Å². The molecule has 0 spiro atoms. The van der Waals surface area contributed by atoms with Crippen LogP contribution in [0.3, 0.4) is 0 Å². The number of carbonyl (C=O) groups excluding carboxylic acids is 1.